The van der Waals surface area contributed by atoms with Gasteiger partial charge >= 0.3 is 0 Å². The molecular weight excluding hydrogens is 146 g/mol. The normalized spacial score (nSPS) is 39.5. The Kier molecular flexibility index (Phi) is 3.57. The summed E-state index contributed by atoms with van der Waals surface area (Å²) in [6.07, 6.45) is 5.23. The molecule has 2 N–H and O–H groups in total. The van der Waals surface area contributed by atoms with Gasteiger partial charge in [-0.25, -0.2) is 0 Å². The molecule has 0 bridgehead atoms. The van der Waals surface area contributed by atoms with Crippen LogP contribution in [0, 0.1) is 17.8 Å². The molecule has 1 fully saturated rings. The maximum atomic E-state index is 6.12. The topological polar surface area (TPSA) is 26.0 Å². The summed E-state index contributed by atoms with van der Waals surface area (Å²) < 4.78 is 0. The Hall–Kier alpha value is -0.0400. The number of hydrogen-bond acceptors (Lipinski definition) is 1. The van der Waals surface area contributed by atoms with Gasteiger partial charge in [-0.05, 0) is 37.0 Å². The summed E-state index contributed by atoms with van der Waals surface area (Å²) in [4.78, 5) is 0. The Morgan fingerprint density at radius 1 is 1.42 bits per heavy atom. The zero-order valence-electron chi connectivity index (χ0n) is 8.72. The monoisotopic (exact) mass is 169 g/mol. The number of nitrogens with two attached hydrogens (primary N) is 1. The van der Waals surface area contributed by atoms with Crippen LogP contribution in [0.1, 0.15) is 46.5 Å². The highest BCUT2D eigenvalue weighted by Gasteiger charge is 2.28. The minimum absolute atomic E-state index is 0.483. The van der Waals surface area contributed by atoms with E-state index in [2.05, 4.69) is 20.8 Å². The minimum atomic E-state index is 0.483. The molecule has 12 heavy (non-hydrogen) atoms. The lowest BCUT2D eigenvalue weighted by Crippen LogP contribution is -2.38. The van der Waals surface area contributed by atoms with E-state index in [4.69, 9.17) is 5.73 Å². The molecule has 0 aromatic rings. The van der Waals surface area contributed by atoms with Crippen molar-refractivity contribution in [3.8, 4) is 0 Å². The quantitative estimate of drug-likeness (QED) is 0.676. The fourth-order valence-corrected chi connectivity index (χ4v) is 2.41. The molecule has 72 valence electrons. The van der Waals surface area contributed by atoms with Crippen LogP contribution in [-0.2, 0) is 0 Å². The molecule has 0 heterocycles. The molecular formula is C11H23N. The Morgan fingerprint density at radius 2 is 2.08 bits per heavy atom. The number of rotatable bonds is 2. The van der Waals surface area contributed by atoms with Crippen LogP contribution in [0.2, 0.25) is 0 Å². The van der Waals surface area contributed by atoms with E-state index in [0.717, 1.165) is 17.8 Å². The van der Waals surface area contributed by atoms with Gasteiger partial charge in [0.05, 0.1) is 0 Å². The zero-order valence-corrected chi connectivity index (χ0v) is 8.72. The van der Waals surface area contributed by atoms with E-state index in [-0.39, 0.29) is 0 Å². The van der Waals surface area contributed by atoms with Gasteiger partial charge in [0.25, 0.3) is 0 Å². The Labute approximate surface area is 76.7 Å². The van der Waals surface area contributed by atoms with Gasteiger partial charge in [-0.15, -0.1) is 0 Å². The van der Waals surface area contributed by atoms with Gasteiger partial charge < -0.3 is 5.73 Å². The third-order valence-corrected chi connectivity index (χ3v) is 3.59. The fraction of sp³-hybridized carbons (Fsp3) is 1.00. The molecule has 0 aromatic carbocycles. The van der Waals surface area contributed by atoms with Crippen LogP contribution in [0.15, 0.2) is 0 Å². The Balaban J connectivity index is 2.48. The zero-order chi connectivity index (χ0) is 9.14. The first-order valence-electron chi connectivity index (χ1n) is 5.40. The van der Waals surface area contributed by atoms with E-state index in [9.17, 15) is 0 Å². The van der Waals surface area contributed by atoms with Crippen LogP contribution >= 0.6 is 0 Å². The molecule has 1 rings (SSSR count). The molecule has 0 aliphatic heterocycles. The smallest absolute Gasteiger partial charge is 0.00699 e. The largest absolute Gasteiger partial charge is 0.327 e. The molecule has 1 aliphatic carbocycles. The van der Waals surface area contributed by atoms with Crippen molar-refractivity contribution in [2.45, 2.75) is 52.5 Å². The summed E-state index contributed by atoms with van der Waals surface area (Å²) in [5.74, 6) is 2.52. The minimum Gasteiger partial charge on any atom is -0.327 e. The SMILES string of the molecule is CCC(C)C1CC(C)CCC1N. The third-order valence-electron chi connectivity index (χ3n) is 3.59. The fourth-order valence-electron chi connectivity index (χ4n) is 2.41. The summed E-state index contributed by atoms with van der Waals surface area (Å²) in [5, 5.41) is 0. The molecule has 1 heteroatoms. The lowest BCUT2D eigenvalue weighted by molar-refractivity contribution is 0.181. The van der Waals surface area contributed by atoms with E-state index in [1.54, 1.807) is 0 Å². The first-order chi connectivity index (χ1) is 5.65. The number of hydrogen-bond donors (Lipinski definition) is 1. The van der Waals surface area contributed by atoms with Crippen LogP contribution in [0.25, 0.3) is 0 Å². The maximum absolute atomic E-state index is 6.12. The van der Waals surface area contributed by atoms with Crippen LogP contribution < -0.4 is 5.73 Å². The highest BCUT2D eigenvalue weighted by molar-refractivity contribution is 4.83. The second-order valence-electron chi connectivity index (χ2n) is 4.63. The third kappa shape index (κ3) is 2.22. The van der Waals surface area contributed by atoms with Crippen molar-refractivity contribution in [1.29, 1.82) is 0 Å². The van der Waals surface area contributed by atoms with Crippen LogP contribution in [0.3, 0.4) is 0 Å². The second-order valence-corrected chi connectivity index (χ2v) is 4.63. The van der Waals surface area contributed by atoms with E-state index < -0.39 is 0 Å². The highest BCUT2D eigenvalue weighted by atomic mass is 14.7. The first-order valence-corrected chi connectivity index (χ1v) is 5.40. The van der Waals surface area contributed by atoms with E-state index >= 15 is 0 Å². The van der Waals surface area contributed by atoms with Crippen molar-refractivity contribution < 1.29 is 0 Å². The highest BCUT2D eigenvalue weighted by Crippen LogP contribution is 2.33. The lowest BCUT2D eigenvalue weighted by Gasteiger charge is -2.36. The summed E-state index contributed by atoms with van der Waals surface area (Å²) in [7, 11) is 0. The van der Waals surface area contributed by atoms with Crippen LogP contribution in [0.5, 0.6) is 0 Å². The van der Waals surface area contributed by atoms with Crippen molar-refractivity contribution in [2.75, 3.05) is 0 Å². The summed E-state index contributed by atoms with van der Waals surface area (Å²) in [6.45, 7) is 6.99. The van der Waals surface area contributed by atoms with Gasteiger partial charge in [0.15, 0.2) is 0 Å². The predicted octanol–water partition coefficient (Wildman–Crippen LogP) is 2.80. The molecule has 0 spiro atoms. The second kappa shape index (κ2) is 4.27. The van der Waals surface area contributed by atoms with Crippen molar-refractivity contribution in [3.63, 3.8) is 0 Å². The van der Waals surface area contributed by atoms with Gasteiger partial charge in [-0.3, -0.25) is 0 Å². The van der Waals surface area contributed by atoms with Crippen molar-refractivity contribution in [3.05, 3.63) is 0 Å². The van der Waals surface area contributed by atoms with Crippen molar-refractivity contribution in [1.82, 2.24) is 0 Å². The average molecular weight is 169 g/mol. The maximum Gasteiger partial charge on any atom is 0.00699 e. The van der Waals surface area contributed by atoms with Crippen molar-refractivity contribution in [2.24, 2.45) is 23.5 Å². The van der Waals surface area contributed by atoms with Crippen LogP contribution in [0.4, 0.5) is 0 Å². The Morgan fingerprint density at radius 3 is 2.67 bits per heavy atom. The summed E-state index contributed by atoms with van der Waals surface area (Å²) in [5.41, 5.74) is 6.12. The molecule has 1 saturated carbocycles. The molecule has 1 aliphatic rings. The molecule has 1 nitrogen and oxygen atoms in total. The van der Waals surface area contributed by atoms with E-state index in [1.165, 1.54) is 25.7 Å². The molecule has 4 unspecified atom stereocenters. The van der Waals surface area contributed by atoms with E-state index in [1.807, 2.05) is 0 Å². The molecule has 0 radical (unpaired) electrons. The van der Waals surface area contributed by atoms with Crippen molar-refractivity contribution >= 4 is 0 Å². The summed E-state index contributed by atoms with van der Waals surface area (Å²) >= 11 is 0. The summed E-state index contributed by atoms with van der Waals surface area (Å²) in [6, 6.07) is 0.483. The molecule has 0 saturated heterocycles. The first kappa shape index (κ1) is 10.0. The van der Waals surface area contributed by atoms with Gasteiger partial charge in [0.2, 0.25) is 0 Å². The Bertz CT molecular complexity index is 129. The molecule has 4 atom stereocenters. The molecule has 0 aromatic heterocycles. The van der Waals surface area contributed by atoms with Gasteiger partial charge in [0, 0.05) is 6.04 Å². The van der Waals surface area contributed by atoms with E-state index in [0.29, 0.717) is 6.04 Å². The lowest BCUT2D eigenvalue weighted by atomic mass is 9.73. The predicted molar refractivity (Wildman–Crippen MR) is 53.9 cm³/mol. The average Bonchev–Trinajstić information content (AvgIpc) is 2.08. The standard InChI is InChI=1S/C11H23N/c1-4-9(3)10-7-8(2)5-6-11(10)12/h8-11H,4-7,12H2,1-3H3. The van der Waals surface area contributed by atoms with Gasteiger partial charge in [-0.2, -0.15) is 0 Å². The van der Waals surface area contributed by atoms with Crippen LogP contribution in [-0.4, -0.2) is 6.04 Å². The van der Waals surface area contributed by atoms with Gasteiger partial charge in [0.1, 0.15) is 0 Å². The molecule has 0 amide bonds. The van der Waals surface area contributed by atoms with Gasteiger partial charge in [-0.1, -0.05) is 27.2 Å².